The first-order chi connectivity index (χ1) is 15.9. The van der Waals surface area contributed by atoms with Crippen molar-refractivity contribution in [2.45, 2.75) is 111 Å². The van der Waals surface area contributed by atoms with Crippen LogP contribution in [0.2, 0.25) is 16.6 Å². The number of hydrogen-bond acceptors (Lipinski definition) is 5. The zero-order valence-electron chi connectivity index (χ0n) is 24.5. The maximum atomic E-state index is 13.3. The molecule has 0 fully saturated rings. The number of rotatable bonds is 8. The van der Waals surface area contributed by atoms with Gasteiger partial charge in [0.1, 0.15) is 5.60 Å². The van der Waals surface area contributed by atoms with E-state index in [1.165, 1.54) is 14.2 Å². The van der Waals surface area contributed by atoms with Crippen molar-refractivity contribution in [3.8, 4) is 0 Å². The highest BCUT2D eigenvalue weighted by molar-refractivity contribution is 6.77. The van der Waals surface area contributed by atoms with Crippen molar-refractivity contribution in [3.05, 3.63) is 23.3 Å². The molecule has 5 nitrogen and oxygen atoms in total. The summed E-state index contributed by atoms with van der Waals surface area (Å²) in [6.07, 6.45) is 5.77. The predicted molar refractivity (Wildman–Crippen MR) is 145 cm³/mol. The minimum Gasteiger partial charge on any atom is -0.466 e. The van der Waals surface area contributed by atoms with E-state index in [9.17, 15) is 9.59 Å². The van der Waals surface area contributed by atoms with Crippen molar-refractivity contribution >= 4 is 20.3 Å². The summed E-state index contributed by atoms with van der Waals surface area (Å²) in [7, 11) is 0.438. The number of esters is 2. The van der Waals surface area contributed by atoms with Crippen LogP contribution < -0.4 is 0 Å². The van der Waals surface area contributed by atoms with Crippen LogP contribution in [0.5, 0.6) is 0 Å². The van der Waals surface area contributed by atoms with Crippen molar-refractivity contribution < 1.29 is 23.5 Å². The molecular weight excluding hydrogens is 456 g/mol. The van der Waals surface area contributed by atoms with Gasteiger partial charge in [-0.3, -0.25) is 0 Å². The molecule has 35 heavy (non-hydrogen) atoms. The van der Waals surface area contributed by atoms with Crippen molar-refractivity contribution in [2.24, 2.45) is 22.7 Å². The Morgan fingerprint density at radius 3 is 1.77 bits per heavy atom. The number of carbonyl (C=O) groups excluding carboxylic acids is 2. The first kappa shape index (κ1) is 29.8. The zero-order chi connectivity index (χ0) is 27.1. The largest absolute Gasteiger partial charge is 0.466 e. The predicted octanol–water partition coefficient (Wildman–Crippen LogP) is 7.23. The van der Waals surface area contributed by atoms with Crippen LogP contribution in [-0.2, 0) is 23.5 Å². The van der Waals surface area contributed by atoms with E-state index in [2.05, 4.69) is 82.2 Å². The third-order valence-corrected chi connectivity index (χ3v) is 14.9. The second-order valence-electron chi connectivity index (χ2n) is 13.1. The summed E-state index contributed by atoms with van der Waals surface area (Å²) >= 11 is 0. The summed E-state index contributed by atoms with van der Waals surface area (Å²) in [6.45, 7) is 24.5. The van der Waals surface area contributed by atoms with E-state index in [1.54, 1.807) is 0 Å². The summed E-state index contributed by atoms with van der Waals surface area (Å²) < 4.78 is 18.2. The van der Waals surface area contributed by atoms with Crippen molar-refractivity contribution in [2.75, 3.05) is 14.2 Å². The van der Waals surface area contributed by atoms with E-state index >= 15 is 0 Å². The fraction of sp³-hybridized carbons (Fsp3) is 0.793. The van der Waals surface area contributed by atoms with Gasteiger partial charge in [0.05, 0.1) is 19.8 Å². The molecule has 0 aromatic carbocycles. The van der Waals surface area contributed by atoms with Gasteiger partial charge in [-0.25, -0.2) is 9.59 Å². The molecule has 0 aromatic heterocycles. The van der Waals surface area contributed by atoms with Crippen molar-refractivity contribution in [1.29, 1.82) is 0 Å². The highest BCUT2D eigenvalue weighted by atomic mass is 28.4. The fourth-order valence-electron chi connectivity index (χ4n) is 7.44. The molecule has 0 N–H and O–H groups in total. The molecule has 0 spiro atoms. The lowest BCUT2D eigenvalue weighted by molar-refractivity contribution is -0.146. The van der Waals surface area contributed by atoms with Crippen LogP contribution in [-0.4, -0.2) is 40.1 Å². The van der Waals surface area contributed by atoms with E-state index in [0.29, 0.717) is 27.8 Å². The first-order valence-electron chi connectivity index (χ1n) is 13.2. The van der Waals surface area contributed by atoms with E-state index in [-0.39, 0.29) is 29.2 Å². The van der Waals surface area contributed by atoms with Gasteiger partial charge in [-0.15, -0.1) is 0 Å². The monoisotopic (exact) mass is 506 g/mol. The Morgan fingerprint density at radius 2 is 1.37 bits per heavy atom. The number of methoxy groups -OCH3 is 2. The first-order valence-corrected chi connectivity index (χ1v) is 15.4. The Kier molecular flexibility index (Phi) is 8.66. The average molecular weight is 507 g/mol. The average Bonchev–Trinajstić information content (AvgIpc) is 2.85. The maximum Gasteiger partial charge on any atom is 0.336 e. The molecule has 3 atom stereocenters. The highest BCUT2D eigenvalue weighted by Crippen LogP contribution is 2.62. The number of carbonyl (C=O) groups is 2. The summed E-state index contributed by atoms with van der Waals surface area (Å²) in [5, 5.41) is 0. The minimum atomic E-state index is -2.44. The molecule has 0 aromatic rings. The highest BCUT2D eigenvalue weighted by Gasteiger charge is 2.66. The summed E-state index contributed by atoms with van der Waals surface area (Å²) in [6, 6.07) is 0. The molecule has 2 aliphatic rings. The lowest BCUT2D eigenvalue weighted by Gasteiger charge is -2.62. The second kappa shape index (κ2) is 10.2. The van der Waals surface area contributed by atoms with E-state index < -0.39 is 19.3 Å². The third kappa shape index (κ3) is 4.94. The smallest absolute Gasteiger partial charge is 0.336 e. The van der Waals surface area contributed by atoms with Gasteiger partial charge in [-0.05, 0) is 40.8 Å². The third-order valence-electron chi connectivity index (χ3n) is 8.80. The Labute approximate surface area is 215 Å². The summed E-state index contributed by atoms with van der Waals surface area (Å²) in [5.74, 6) is -0.757. The minimum absolute atomic E-state index is 0.0514. The molecule has 2 aliphatic carbocycles. The summed E-state index contributed by atoms with van der Waals surface area (Å²) in [5.41, 5.74) is 0.954. The van der Waals surface area contributed by atoms with Gasteiger partial charge in [0, 0.05) is 16.9 Å². The molecule has 0 bridgehead atoms. The SMILES string of the molecule is COC(=O)C1=CC(C2(O[Si](C(C)C)(C(C)C)C(C)C)C(C(=O)OC)=CC2(C)C)CC(C)(C)CC1C. The van der Waals surface area contributed by atoms with Crippen LogP contribution in [0.1, 0.15) is 89.0 Å². The van der Waals surface area contributed by atoms with Gasteiger partial charge in [0.15, 0.2) is 0 Å². The van der Waals surface area contributed by atoms with Crippen LogP contribution >= 0.6 is 0 Å². The van der Waals surface area contributed by atoms with Crippen LogP contribution in [0, 0.1) is 22.7 Å². The molecule has 0 heterocycles. The van der Waals surface area contributed by atoms with Crippen LogP contribution in [0.3, 0.4) is 0 Å². The zero-order valence-corrected chi connectivity index (χ0v) is 25.5. The molecule has 0 amide bonds. The van der Waals surface area contributed by atoms with Gasteiger partial charge in [-0.1, -0.05) is 88.3 Å². The van der Waals surface area contributed by atoms with Gasteiger partial charge in [0.2, 0.25) is 8.32 Å². The number of ether oxygens (including phenoxy) is 2. The van der Waals surface area contributed by atoms with Gasteiger partial charge >= 0.3 is 11.9 Å². The van der Waals surface area contributed by atoms with Crippen LogP contribution in [0.25, 0.3) is 0 Å². The molecule has 0 saturated heterocycles. The molecule has 3 unspecified atom stereocenters. The maximum absolute atomic E-state index is 13.3. The lowest BCUT2D eigenvalue weighted by Crippen LogP contribution is -2.68. The quantitative estimate of drug-likeness (QED) is 0.257. The molecule has 2 rings (SSSR count). The molecule has 200 valence electrons. The van der Waals surface area contributed by atoms with Gasteiger partial charge < -0.3 is 13.9 Å². The number of hydrogen-bond donors (Lipinski definition) is 0. The molecule has 6 heteroatoms. The Bertz CT molecular complexity index is 858. The van der Waals surface area contributed by atoms with Gasteiger partial charge in [0.25, 0.3) is 0 Å². The molecule has 0 radical (unpaired) electrons. The molecular formula is C29H50O5Si. The Hall–Kier alpha value is -1.40. The van der Waals surface area contributed by atoms with E-state index in [4.69, 9.17) is 13.9 Å². The molecule has 0 aliphatic heterocycles. The Balaban J connectivity index is 2.92. The molecule has 0 saturated carbocycles. The second-order valence-corrected chi connectivity index (χ2v) is 18.5. The topological polar surface area (TPSA) is 61.8 Å². The van der Waals surface area contributed by atoms with Crippen LogP contribution in [0.4, 0.5) is 0 Å². The van der Waals surface area contributed by atoms with Crippen LogP contribution in [0.15, 0.2) is 23.3 Å². The lowest BCUT2D eigenvalue weighted by atomic mass is 9.53. The normalized spacial score (nSPS) is 28.2. The standard InChI is InChI=1S/C29H50O5Si/c1-18(2)35(19(3)4,20(5)6)34-29(24(26(31)33-13)17-28(29,10)11)22-14-23(25(30)32-12)21(7)15-27(8,9)16-22/h14,17-22H,15-16H2,1-13H3. The van der Waals surface area contributed by atoms with Gasteiger partial charge in [-0.2, -0.15) is 0 Å². The fourth-order valence-corrected chi connectivity index (χ4v) is 13.2. The summed E-state index contributed by atoms with van der Waals surface area (Å²) in [4.78, 5) is 26.2. The Morgan fingerprint density at radius 1 is 0.886 bits per heavy atom. The van der Waals surface area contributed by atoms with Crippen molar-refractivity contribution in [3.63, 3.8) is 0 Å². The van der Waals surface area contributed by atoms with E-state index in [1.807, 2.05) is 6.08 Å². The van der Waals surface area contributed by atoms with E-state index in [0.717, 1.165) is 12.8 Å². The van der Waals surface area contributed by atoms with Crippen molar-refractivity contribution in [1.82, 2.24) is 0 Å².